The Balaban J connectivity index is 2.07. The van der Waals surface area contributed by atoms with Gasteiger partial charge in [-0.1, -0.05) is 15.9 Å². The standard InChI is InChI=1S/C17H18BrNO5/c1-10-14(17(21)22)8-13(24-10)9-19(2)16(20)7-11-6-12(23-3)4-5-15(11)18/h4-6,8H,7,9H2,1-3H3,(H,21,22). The van der Waals surface area contributed by atoms with E-state index in [-0.39, 0.29) is 24.4 Å². The molecule has 0 atom stereocenters. The van der Waals surface area contributed by atoms with Gasteiger partial charge in [-0.25, -0.2) is 4.79 Å². The van der Waals surface area contributed by atoms with E-state index in [0.29, 0.717) is 17.3 Å². The summed E-state index contributed by atoms with van der Waals surface area (Å²) in [6.07, 6.45) is 0.194. The molecule has 24 heavy (non-hydrogen) atoms. The fourth-order valence-corrected chi connectivity index (χ4v) is 2.65. The van der Waals surface area contributed by atoms with Gasteiger partial charge in [-0.3, -0.25) is 4.79 Å². The molecule has 0 aliphatic rings. The second kappa shape index (κ2) is 7.53. The predicted molar refractivity (Wildman–Crippen MR) is 91.3 cm³/mol. The van der Waals surface area contributed by atoms with Crippen LogP contribution in [0.1, 0.15) is 27.4 Å². The monoisotopic (exact) mass is 395 g/mol. The molecule has 0 radical (unpaired) electrons. The minimum Gasteiger partial charge on any atom is -0.497 e. The lowest BCUT2D eigenvalue weighted by Crippen LogP contribution is -2.27. The van der Waals surface area contributed by atoms with Crippen LogP contribution < -0.4 is 4.74 Å². The molecule has 0 fully saturated rings. The summed E-state index contributed by atoms with van der Waals surface area (Å²) in [4.78, 5) is 24.9. The number of amides is 1. The van der Waals surface area contributed by atoms with Crippen LogP contribution in [0.15, 0.2) is 33.2 Å². The second-order valence-electron chi connectivity index (χ2n) is 5.37. The molecule has 1 amide bonds. The third-order valence-corrected chi connectivity index (χ3v) is 4.39. The number of benzene rings is 1. The molecule has 0 unspecified atom stereocenters. The van der Waals surface area contributed by atoms with E-state index in [1.807, 2.05) is 6.07 Å². The summed E-state index contributed by atoms with van der Waals surface area (Å²) in [6.45, 7) is 1.79. The van der Waals surface area contributed by atoms with Gasteiger partial charge in [0.05, 0.1) is 20.1 Å². The van der Waals surface area contributed by atoms with Gasteiger partial charge >= 0.3 is 5.97 Å². The lowest BCUT2D eigenvalue weighted by Gasteiger charge is -2.16. The van der Waals surface area contributed by atoms with Gasteiger partial charge < -0.3 is 19.2 Å². The molecule has 0 aliphatic heterocycles. The van der Waals surface area contributed by atoms with Gasteiger partial charge in [0.15, 0.2) is 0 Å². The van der Waals surface area contributed by atoms with Crippen molar-refractivity contribution in [3.63, 3.8) is 0 Å². The first-order valence-corrected chi connectivity index (χ1v) is 8.00. The van der Waals surface area contributed by atoms with Crippen molar-refractivity contribution >= 4 is 27.8 Å². The largest absolute Gasteiger partial charge is 0.497 e. The number of carboxylic acid groups (broad SMARTS) is 1. The quantitative estimate of drug-likeness (QED) is 0.811. The normalized spacial score (nSPS) is 10.5. The molecule has 0 bridgehead atoms. The summed E-state index contributed by atoms with van der Waals surface area (Å²) in [6, 6.07) is 6.88. The van der Waals surface area contributed by atoms with E-state index in [2.05, 4.69) is 15.9 Å². The number of carbonyl (C=O) groups is 2. The number of ether oxygens (including phenoxy) is 1. The summed E-state index contributed by atoms with van der Waals surface area (Å²) >= 11 is 3.42. The second-order valence-corrected chi connectivity index (χ2v) is 6.23. The molecule has 128 valence electrons. The maximum atomic E-state index is 12.4. The zero-order valence-corrected chi connectivity index (χ0v) is 15.2. The van der Waals surface area contributed by atoms with Crippen molar-refractivity contribution in [1.82, 2.24) is 4.90 Å². The van der Waals surface area contributed by atoms with Gasteiger partial charge in [0, 0.05) is 11.5 Å². The van der Waals surface area contributed by atoms with E-state index in [0.717, 1.165) is 10.0 Å². The lowest BCUT2D eigenvalue weighted by molar-refractivity contribution is -0.129. The smallest absolute Gasteiger partial charge is 0.339 e. The average molecular weight is 396 g/mol. The number of carbonyl (C=O) groups excluding carboxylic acids is 1. The molecule has 1 aromatic carbocycles. The number of nitrogens with zero attached hydrogens (tertiary/aromatic N) is 1. The van der Waals surface area contributed by atoms with E-state index < -0.39 is 5.97 Å². The number of hydrogen-bond donors (Lipinski definition) is 1. The molecule has 1 N–H and O–H groups in total. The third-order valence-electron chi connectivity index (χ3n) is 3.61. The van der Waals surface area contributed by atoms with Crippen LogP contribution in [-0.2, 0) is 17.8 Å². The van der Waals surface area contributed by atoms with Gasteiger partial charge in [-0.2, -0.15) is 0 Å². The number of methoxy groups -OCH3 is 1. The molecule has 2 aromatic rings. The van der Waals surface area contributed by atoms with Crippen molar-refractivity contribution in [2.24, 2.45) is 0 Å². The van der Waals surface area contributed by atoms with Gasteiger partial charge in [0.1, 0.15) is 22.8 Å². The van der Waals surface area contributed by atoms with E-state index in [1.54, 1.807) is 33.2 Å². The number of hydrogen-bond acceptors (Lipinski definition) is 4. The van der Waals surface area contributed by atoms with E-state index >= 15 is 0 Å². The van der Waals surface area contributed by atoms with Crippen LogP contribution in [0.2, 0.25) is 0 Å². The molecular formula is C17H18BrNO5. The molecule has 0 aliphatic carbocycles. The third kappa shape index (κ3) is 4.17. The maximum Gasteiger partial charge on any atom is 0.339 e. The fraction of sp³-hybridized carbons (Fsp3) is 0.294. The van der Waals surface area contributed by atoms with Crippen LogP contribution in [0.3, 0.4) is 0 Å². The molecule has 0 saturated heterocycles. The molecule has 7 heteroatoms. The zero-order chi connectivity index (χ0) is 17.9. The lowest BCUT2D eigenvalue weighted by atomic mass is 10.1. The van der Waals surface area contributed by atoms with Crippen molar-refractivity contribution in [2.75, 3.05) is 14.2 Å². The minimum absolute atomic E-state index is 0.112. The minimum atomic E-state index is -1.04. The van der Waals surface area contributed by atoms with Crippen LogP contribution in [0.5, 0.6) is 5.75 Å². The van der Waals surface area contributed by atoms with E-state index in [9.17, 15) is 9.59 Å². The summed E-state index contributed by atoms with van der Waals surface area (Å²) < 4.78 is 11.4. The first-order valence-electron chi connectivity index (χ1n) is 7.20. The fourth-order valence-electron chi connectivity index (χ4n) is 2.27. The van der Waals surface area contributed by atoms with Crippen LogP contribution in [0, 0.1) is 6.92 Å². The van der Waals surface area contributed by atoms with Crippen LogP contribution in [0.4, 0.5) is 0 Å². The number of furan rings is 1. The highest BCUT2D eigenvalue weighted by molar-refractivity contribution is 9.10. The predicted octanol–water partition coefficient (Wildman–Crippen LogP) is 3.26. The molecule has 6 nitrogen and oxygen atoms in total. The van der Waals surface area contributed by atoms with Gasteiger partial charge in [0.25, 0.3) is 0 Å². The van der Waals surface area contributed by atoms with Gasteiger partial charge in [-0.05, 0) is 36.8 Å². The number of aryl methyl sites for hydroxylation is 1. The Morgan fingerprint density at radius 3 is 2.62 bits per heavy atom. The number of likely N-dealkylation sites (N-methyl/N-ethyl adjacent to an activating group) is 1. The van der Waals surface area contributed by atoms with E-state index in [4.69, 9.17) is 14.3 Å². The summed E-state index contributed by atoms with van der Waals surface area (Å²) in [5.74, 6) is 0.280. The first-order chi connectivity index (χ1) is 11.3. The van der Waals surface area contributed by atoms with Crippen LogP contribution in [0.25, 0.3) is 0 Å². The first kappa shape index (κ1) is 18.1. The Morgan fingerprint density at radius 2 is 2.04 bits per heavy atom. The molecule has 0 spiro atoms. The number of halogens is 1. The Bertz CT molecular complexity index is 768. The SMILES string of the molecule is COc1ccc(Br)c(CC(=O)N(C)Cc2cc(C(=O)O)c(C)o2)c1. The van der Waals surface area contributed by atoms with Crippen molar-refractivity contribution in [2.45, 2.75) is 19.9 Å². The van der Waals surface area contributed by atoms with Crippen LogP contribution in [-0.4, -0.2) is 36.0 Å². The molecule has 1 aromatic heterocycles. The molecule has 1 heterocycles. The topological polar surface area (TPSA) is 80.0 Å². The molecule has 0 saturated carbocycles. The van der Waals surface area contributed by atoms with Crippen molar-refractivity contribution in [1.29, 1.82) is 0 Å². The summed E-state index contributed by atoms with van der Waals surface area (Å²) in [5, 5.41) is 9.04. The number of aromatic carboxylic acids is 1. The maximum absolute atomic E-state index is 12.4. The Morgan fingerprint density at radius 1 is 1.33 bits per heavy atom. The molecular weight excluding hydrogens is 378 g/mol. The summed E-state index contributed by atoms with van der Waals surface area (Å²) in [7, 11) is 3.22. The van der Waals surface area contributed by atoms with Crippen molar-refractivity contribution in [3.8, 4) is 5.75 Å². The number of rotatable bonds is 6. The summed E-state index contributed by atoms with van der Waals surface area (Å²) in [5.41, 5.74) is 0.925. The average Bonchev–Trinajstić information content (AvgIpc) is 2.90. The Labute approximate surface area is 148 Å². The van der Waals surface area contributed by atoms with Crippen molar-refractivity contribution < 1.29 is 23.8 Å². The number of carboxylic acids is 1. The Kier molecular flexibility index (Phi) is 5.66. The highest BCUT2D eigenvalue weighted by Crippen LogP contribution is 2.23. The highest BCUT2D eigenvalue weighted by Gasteiger charge is 2.18. The van der Waals surface area contributed by atoms with Crippen molar-refractivity contribution in [3.05, 3.63) is 51.4 Å². The van der Waals surface area contributed by atoms with Gasteiger partial charge in [0.2, 0.25) is 5.91 Å². The van der Waals surface area contributed by atoms with Crippen LogP contribution >= 0.6 is 15.9 Å². The van der Waals surface area contributed by atoms with E-state index in [1.165, 1.54) is 11.0 Å². The zero-order valence-electron chi connectivity index (χ0n) is 13.6. The van der Waals surface area contributed by atoms with Gasteiger partial charge in [-0.15, -0.1) is 0 Å². The highest BCUT2D eigenvalue weighted by atomic mass is 79.9. The molecule has 2 rings (SSSR count). The Hall–Kier alpha value is -2.28.